The van der Waals surface area contributed by atoms with Gasteiger partial charge in [-0.15, -0.1) is 0 Å². The van der Waals surface area contributed by atoms with Gasteiger partial charge in [0.2, 0.25) is 0 Å². The van der Waals surface area contributed by atoms with E-state index in [4.69, 9.17) is 4.74 Å². The summed E-state index contributed by atoms with van der Waals surface area (Å²) < 4.78 is 49.1. The summed E-state index contributed by atoms with van der Waals surface area (Å²) in [7, 11) is 1.14. The molecule has 116 valence electrons. The summed E-state index contributed by atoms with van der Waals surface area (Å²) in [6.07, 6.45) is -4.51. The lowest BCUT2D eigenvalue weighted by Gasteiger charge is -2.27. The van der Waals surface area contributed by atoms with Crippen LogP contribution in [0.4, 0.5) is 13.2 Å². The summed E-state index contributed by atoms with van der Waals surface area (Å²) in [5.41, 5.74) is -0.746. The van der Waals surface area contributed by atoms with Crippen molar-refractivity contribution < 1.29 is 27.4 Å². The minimum atomic E-state index is -4.51. The molecule has 1 aromatic carbocycles. The van der Waals surface area contributed by atoms with E-state index in [-0.39, 0.29) is 17.7 Å². The van der Waals surface area contributed by atoms with E-state index in [2.05, 4.69) is 4.74 Å². The van der Waals surface area contributed by atoms with Gasteiger partial charge >= 0.3 is 12.1 Å². The lowest BCUT2D eigenvalue weighted by atomic mass is 10.0. The molecule has 0 aliphatic carbocycles. The molecule has 1 heterocycles. The highest BCUT2D eigenvalue weighted by molar-refractivity contribution is 5.89. The fourth-order valence-electron chi connectivity index (χ4n) is 2.22. The topological polar surface area (TPSA) is 38.8 Å². The molecule has 1 fully saturated rings. The number of hydrogen-bond donors (Lipinski definition) is 0. The fourth-order valence-corrected chi connectivity index (χ4v) is 2.22. The lowest BCUT2D eigenvalue weighted by Crippen LogP contribution is -2.36. The highest BCUT2D eigenvalue weighted by Crippen LogP contribution is 2.33. The largest absolute Gasteiger partial charge is 0.465 e. The second-order valence-corrected chi connectivity index (χ2v) is 4.75. The van der Waals surface area contributed by atoms with Gasteiger partial charge in [-0.3, -0.25) is 4.90 Å². The molecule has 0 saturated carbocycles. The standard InChI is InChI=1S/C14H16F3NO3/c1-20-13(19)10-2-3-11(12(8-10)14(15,16)17)9-18-4-6-21-7-5-18/h2-3,8H,4-7,9H2,1H3. The SMILES string of the molecule is COC(=O)c1ccc(CN2CCOCC2)c(C(F)(F)F)c1. The Labute approximate surface area is 120 Å². The number of morpholine rings is 1. The molecular weight excluding hydrogens is 287 g/mol. The second kappa shape index (κ2) is 6.44. The van der Waals surface area contributed by atoms with Gasteiger partial charge in [-0.05, 0) is 17.7 Å². The van der Waals surface area contributed by atoms with Crippen LogP contribution in [0.1, 0.15) is 21.5 Å². The maximum atomic E-state index is 13.2. The number of halogens is 3. The van der Waals surface area contributed by atoms with Gasteiger partial charge in [-0.25, -0.2) is 4.79 Å². The molecule has 0 aromatic heterocycles. The van der Waals surface area contributed by atoms with Crippen molar-refractivity contribution in [3.63, 3.8) is 0 Å². The minimum absolute atomic E-state index is 0.101. The zero-order chi connectivity index (χ0) is 15.5. The van der Waals surface area contributed by atoms with E-state index in [9.17, 15) is 18.0 Å². The molecule has 0 amide bonds. The van der Waals surface area contributed by atoms with E-state index >= 15 is 0 Å². The molecule has 7 heteroatoms. The van der Waals surface area contributed by atoms with Gasteiger partial charge < -0.3 is 9.47 Å². The van der Waals surface area contributed by atoms with Crippen molar-refractivity contribution in [2.75, 3.05) is 33.4 Å². The van der Waals surface area contributed by atoms with Crippen LogP contribution in [-0.4, -0.2) is 44.3 Å². The summed E-state index contributed by atoms with van der Waals surface area (Å²) in [5, 5.41) is 0. The number of hydrogen-bond acceptors (Lipinski definition) is 4. The number of rotatable bonds is 3. The maximum absolute atomic E-state index is 13.2. The Morgan fingerprint density at radius 1 is 1.33 bits per heavy atom. The number of esters is 1. The zero-order valence-electron chi connectivity index (χ0n) is 11.6. The van der Waals surface area contributed by atoms with Gasteiger partial charge in [0.25, 0.3) is 0 Å². The summed E-state index contributed by atoms with van der Waals surface area (Å²) in [6, 6.07) is 3.54. The van der Waals surface area contributed by atoms with Gasteiger partial charge in [0, 0.05) is 19.6 Å². The van der Waals surface area contributed by atoms with E-state index in [0.29, 0.717) is 26.3 Å². The number of ether oxygens (including phenoxy) is 2. The highest BCUT2D eigenvalue weighted by atomic mass is 19.4. The number of carbonyl (C=O) groups excluding carboxylic acids is 1. The zero-order valence-corrected chi connectivity index (χ0v) is 11.6. The van der Waals surface area contributed by atoms with Crippen LogP contribution in [0.3, 0.4) is 0 Å². The van der Waals surface area contributed by atoms with Crippen molar-refractivity contribution >= 4 is 5.97 Å². The van der Waals surface area contributed by atoms with Crippen molar-refractivity contribution in [3.8, 4) is 0 Å². The summed E-state index contributed by atoms with van der Waals surface area (Å²) >= 11 is 0. The third kappa shape index (κ3) is 3.95. The van der Waals surface area contributed by atoms with Crippen molar-refractivity contribution in [2.24, 2.45) is 0 Å². The molecule has 0 unspecified atom stereocenters. The van der Waals surface area contributed by atoms with Crippen LogP contribution in [0, 0.1) is 0 Å². The van der Waals surface area contributed by atoms with E-state index in [1.54, 1.807) is 0 Å². The minimum Gasteiger partial charge on any atom is -0.465 e. The molecule has 0 atom stereocenters. The summed E-state index contributed by atoms with van der Waals surface area (Å²) in [6.45, 7) is 2.40. The van der Waals surface area contributed by atoms with Crippen LogP contribution in [0.25, 0.3) is 0 Å². The maximum Gasteiger partial charge on any atom is 0.416 e. The third-order valence-corrected chi connectivity index (χ3v) is 3.33. The molecule has 0 bridgehead atoms. The molecule has 1 aliphatic heterocycles. The average molecular weight is 303 g/mol. The van der Waals surface area contributed by atoms with Crippen LogP contribution >= 0.6 is 0 Å². The quantitative estimate of drug-likeness (QED) is 0.803. The number of nitrogens with zero attached hydrogens (tertiary/aromatic N) is 1. The Hall–Kier alpha value is -1.60. The van der Waals surface area contributed by atoms with Crippen molar-refractivity contribution in [2.45, 2.75) is 12.7 Å². The molecule has 21 heavy (non-hydrogen) atoms. The van der Waals surface area contributed by atoms with Gasteiger partial charge in [0.05, 0.1) is 31.5 Å². The number of methoxy groups -OCH3 is 1. The van der Waals surface area contributed by atoms with Crippen LogP contribution in [0.2, 0.25) is 0 Å². The monoisotopic (exact) mass is 303 g/mol. The molecule has 0 spiro atoms. The molecule has 0 N–H and O–H groups in total. The van der Waals surface area contributed by atoms with Crippen molar-refractivity contribution in [1.29, 1.82) is 0 Å². The summed E-state index contributed by atoms with van der Waals surface area (Å²) in [4.78, 5) is 13.3. The molecule has 2 rings (SSSR count). The first-order chi connectivity index (χ1) is 9.91. The van der Waals surface area contributed by atoms with Gasteiger partial charge in [0.15, 0.2) is 0 Å². The first-order valence-electron chi connectivity index (χ1n) is 6.50. The van der Waals surface area contributed by atoms with Crippen LogP contribution in [0.5, 0.6) is 0 Å². The Kier molecular flexibility index (Phi) is 4.84. The smallest absolute Gasteiger partial charge is 0.416 e. The Morgan fingerprint density at radius 3 is 2.57 bits per heavy atom. The molecular formula is C14H16F3NO3. The summed E-state index contributed by atoms with van der Waals surface area (Å²) in [5.74, 6) is -0.779. The van der Waals surface area contributed by atoms with E-state index in [1.165, 1.54) is 12.1 Å². The molecule has 1 saturated heterocycles. The predicted molar refractivity (Wildman–Crippen MR) is 68.9 cm³/mol. The normalized spacial score (nSPS) is 16.8. The number of alkyl halides is 3. The van der Waals surface area contributed by atoms with E-state index in [0.717, 1.165) is 13.2 Å². The Bertz CT molecular complexity index is 511. The number of carbonyl (C=O) groups is 1. The first kappa shape index (κ1) is 15.8. The van der Waals surface area contributed by atoms with Crippen molar-refractivity contribution in [3.05, 3.63) is 34.9 Å². The van der Waals surface area contributed by atoms with Gasteiger partial charge in [-0.2, -0.15) is 13.2 Å². The van der Waals surface area contributed by atoms with Crippen LogP contribution in [0.15, 0.2) is 18.2 Å². The first-order valence-corrected chi connectivity index (χ1v) is 6.50. The lowest BCUT2D eigenvalue weighted by molar-refractivity contribution is -0.138. The molecule has 4 nitrogen and oxygen atoms in total. The van der Waals surface area contributed by atoms with Crippen LogP contribution in [-0.2, 0) is 22.2 Å². The fraction of sp³-hybridized carbons (Fsp3) is 0.500. The molecule has 1 aliphatic rings. The molecule has 0 radical (unpaired) electrons. The van der Waals surface area contributed by atoms with E-state index < -0.39 is 17.7 Å². The average Bonchev–Trinajstić information content (AvgIpc) is 2.47. The highest BCUT2D eigenvalue weighted by Gasteiger charge is 2.34. The Morgan fingerprint density at radius 2 is 2.00 bits per heavy atom. The Balaban J connectivity index is 2.28. The third-order valence-electron chi connectivity index (χ3n) is 3.33. The number of benzene rings is 1. The second-order valence-electron chi connectivity index (χ2n) is 4.75. The van der Waals surface area contributed by atoms with Gasteiger partial charge in [0.1, 0.15) is 0 Å². The predicted octanol–water partition coefficient (Wildman–Crippen LogP) is 2.32. The van der Waals surface area contributed by atoms with Crippen molar-refractivity contribution in [1.82, 2.24) is 4.90 Å². The molecule has 1 aromatic rings. The van der Waals surface area contributed by atoms with Gasteiger partial charge in [-0.1, -0.05) is 6.07 Å². The van der Waals surface area contributed by atoms with E-state index in [1.807, 2.05) is 4.90 Å². The van der Waals surface area contributed by atoms with Crippen LogP contribution < -0.4 is 0 Å².